The summed E-state index contributed by atoms with van der Waals surface area (Å²) in [6, 6.07) is 5.00. The zero-order chi connectivity index (χ0) is 24.2. The summed E-state index contributed by atoms with van der Waals surface area (Å²) in [6.07, 6.45) is 12.3. The number of aromatic hydroxyl groups is 1. The molecule has 3 aromatic rings. The van der Waals surface area contributed by atoms with Gasteiger partial charge in [-0.2, -0.15) is 0 Å². The fraction of sp³-hybridized carbons (Fsp3) is 0.429. The molecule has 1 amide bonds. The van der Waals surface area contributed by atoms with E-state index in [1.54, 1.807) is 24.7 Å². The number of pyridine rings is 1. The van der Waals surface area contributed by atoms with E-state index in [1.165, 1.54) is 12.8 Å². The van der Waals surface area contributed by atoms with E-state index in [2.05, 4.69) is 20.2 Å². The lowest BCUT2D eigenvalue weighted by atomic mass is 9.50. The van der Waals surface area contributed by atoms with Gasteiger partial charge in [-0.1, -0.05) is 18.2 Å². The topological polar surface area (TPSA) is 111 Å². The number of nitrogens with zero attached hydrogens (tertiary/aromatic N) is 2. The average molecular weight is 521 g/mol. The summed E-state index contributed by atoms with van der Waals surface area (Å²) in [4.78, 5) is 23.2. The molecule has 2 fully saturated rings. The number of amides is 1. The molecule has 8 rings (SSSR count). The van der Waals surface area contributed by atoms with Crippen molar-refractivity contribution in [3.8, 4) is 11.5 Å². The van der Waals surface area contributed by atoms with Crippen molar-refractivity contribution in [1.82, 2.24) is 20.2 Å². The van der Waals surface area contributed by atoms with Crippen molar-refractivity contribution >= 4 is 29.2 Å². The SMILES string of the molecule is Cl.O=C(N[C@H]1C=C[C@@]2(O)[C@H]3Cc4ccc(O)c5c4[C@@]2(CCN3CC2CC2)[C@H]1O5)c1c[nH]c2ccncc12. The highest BCUT2D eigenvalue weighted by molar-refractivity contribution is 6.06. The molecule has 1 saturated heterocycles. The highest BCUT2D eigenvalue weighted by atomic mass is 35.5. The first-order valence-corrected chi connectivity index (χ1v) is 12.9. The van der Waals surface area contributed by atoms with Crippen molar-refractivity contribution < 1.29 is 19.7 Å². The molecule has 2 aromatic heterocycles. The van der Waals surface area contributed by atoms with Gasteiger partial charge < -0.3 is 25.3 Å². The summed E-state index contributed by atoms with van der Waals surface area (Å²) < 4.78 is 6.51. The second-order valence-corrected chi connectivity index (χ2v) is 11.2. The predicted octanol–water partition coefficient (Wildman–Crippen LogP) is 2.83. The number of benzene rings is 1. The van der Waals surface area contributed by atoms with Crippen LogP contribution in [0.5, 0.6) is 11.5 Å². The number of rotatable bonds is 4. The number of ether oxygens (including phenoxy) is 1. The van der Waals surface area contributed by atoms with Gasteiger partial charge in [0, 0.05) is 47.6 Å². The Bertz CT molecular complexity index is 1470. The van der Waals surface area contributed by atoms with Crippen molar-refractivity contribution in [2.75, 3.05) is 13.1 Å². The largest absolute Gasteiger partial charge is 0.504 e. The Morgan fingerprint density at radius 2 is 2.16 bits per heavy atom. The molecule has 1 spiro atoms. The van der Waals surface area contributed by atoms with Crippen LogP contribution in [0.1, 0.15) is 40.7 Å². The second kappa shape index (κ2) is 7.72. The van der Waals surface area contributed by atoms with Crippen molar-refractivity contribution in [1.29, 1.82) is 0 Å². The van der Waals surface area contributed by atoms with Crippen LogP contribution in [0.4, 0.5) is 0 Å². The van der Waals surface area contributed by atoms with Crippen molar-refractivity contribution in [2.24, 2.45) is 5.92 Å². The van der Waals surface area contributed by atoms with Crippen LogP contribution >= 0.6 is 12.4 Å². The predicted molar refractivity (Wildman–Crippen MR) is 139 cm³/mol. The molecule has 192 valence electrons. The van der Waals surface area contributed by atoms with Gasteiger partial charge >= 0.3 is 0 Å². The molecule has 9 heteroatoms. The zero-order valence-electron chi connectivity index (χ0n) is 20.2. The van der Waals surface area contributed by atoms with Gasteiger partial charge in [0.25, 0.3) is 5.91 Å². The minimum Gasteiger partial charge on any atom is -0.504 e. The number of hydrogen-bond donors (Lipinski definition) is 4. The lowest BCUT2D eigenvalue weighted by molar-refractivity contribution is -0.144. The molecule has 1 saturated carbocycles. The molecule has 2 bridgehead atoms. The van der Waals surface area contributed by atoms with E-state index < -0.39 is 23.2 Å². The number of likely N-dealkylation sites (tertiary alicyclic amines) is 1. The Morgan fingerprint density at radius 1 is 1.30 bits per heavy atom. The quantitative estimate of drug-likeness (QED) is 0.394. The summed E-state index contributed by atoms with van der Waals surface area (Å²) in [5, 5.41) is 27.2. The number of carbonyl (C=O) groups excluding carboxylic acids is 1. The lowest BCUT2D eigenvalue weighted by Crippen LogP contribution is -2.76. The van der Waals surface area contributed by atoms with Crippen LogP contribution in [0.3, 0.4) is 0 Å². The van der Waals surface area contributed by atoms with Crippen molar-refractivity contribution in [3.63, 3.8) is 0 Å². The van der Waals surface area contributed by atoms with E-state index in [4.69, 9.17) is 4.74 Å². The fourth-order valence-electron chi connectivity index (χ4n) is 7.55. The molecular weight excluding hydrogens is 492 g/mol. The summed E-state index contributed by atoms with van der Waals surface area (Å²) >= 11 is 0. The summed E-state index contributed by atoms with van der Waals surface area (Å²) in [6.45, 7) is 1.87. The van der Waals surface area contributed by atoms with Gasteiger partial charge in [0.1, 0.15) is 11.7 Å². The summed E-state index contributed by atoms with van der Waals surface area (Å²) in [7, 11) is 0. The van der Waals surface area contributed by atoms with Gasteiger partial charge in [-0.25, -0.2) is 0 Å². The first kappa shape index (κ1) is 23.1. The van der Waals surface area contributed by atoms with E-state index in [-0.39, 0.29) is 30.1 Å². The third-order valence-corrected chi connectivity index (χ3v) is 9.37. The number of phenols is 1. The maximum atomic E-state index is 13.4. The molecule has 8 nitrogen and oxygen atoms in total. The monoisotopic (exact) mass is 520 g/mol. The number of aromatic amines is 1. The van der Waals surface area contributed by atoms with E-state index in [0.717, 1.165) is 41.0 Å². The first-order valence-electron chi connectivity index (χ1n) is 12.9. The van der Waals surface area contributed by atoms with Crippen LogP contribution in [0.15, 0.2) is 48.9 Å². The summed E-state index contributed by atoms with van der Waals surface area (Å²) in [5.74, 6) is 1.05. The van der Waals surface area contributed by atoms with E-state index in [0.29, 0.717) is 24.2 Å². The minimum atomic E-state index is -1.14. The molecule has 0 unspecified atom stereocenters. The van der Waals surface area contributed by atoms with Crippen LogP contribution < -0.4 is 10.1 Å². The fourth-order valence-corrected chi connectivity index (χ4v) is 7.55. The summed E-state index contributed by atoms with van der Waals surface area (Å²) in [5.41, 5.74) is 1.56. The molecule has 5 atom stereocenters. The normalized spacial score (nSPS) is 32.9. The number of aromatic nitrogens is 2. The molecule has 3 aliphatic carbocycles. The molecule has 4 N–H and O–H groups in total. The maximum Gasteiger partial charge on any atom is 0.254 e. The Morgan fingerprint density at radius 3 is 3.00 bits per heavy atom. The number of aliphatic hydroxyl groups is 1. The smallest absolute Gasteiger partial charge is 0.254 e. The zero-order valence-corrected chi connectivity index (χ0v) is 21.0. The number of halogens is 1. The Kier molecular flexibility index (Phi) is 4.82. The van der Waals surface area contributed by atoms with Crippen LogP contribution in [0.25, 0.3) is 10.9 Å². The Balaban J connectivity index is 0.00000231. The second-order valence-electron chi connectivity index (χ2n) is 11.2. The minimum absolute atomic E-state index is 0. The standard InChI is InChI=1S/C28H28N4O4.ClH/c33-21-4-3-16-11-22-28(35)7-5-20(31-26(34)18-13-30-19-6-9-29-12-17(18)19)25-27(28,23(16)24(21)36-25)8-10-32(22)14-15-1-2-15;/h3-7,9,12-13,15,20,22,25,30,33,35H,1-2,8,10-11,14H2,(H,31,34);1H/t20-,22+,25-,27-,28+;/m0./s1. The lowest BCUT2D eigenvalue weighted by Gasteiger charge is -2.62. The molecule has 1 aromatic carbocycles. The highest BCUT2D eigenvalue weighted by Gasteiger charge is 2.72. The van der Waals surface area contributed by atoms with Crippen molar-refractivity contribution in [2.45, 2.75) is 54.9 Å². The molecular formula is C28H29ClN4O4. The number of H-pyrrole nitrogens is 1. The van der Waals surface area contributed by atoms with Gasteiger partial charge in [0.15, 0.2) is 11.5 Å². The molecule has 37 heavy (non-hydrogen) atoms. The highest BCUT2D eigenvalue weighted by Crippen LogP contribution is 2.64. The van der Waals surface area contributed by atoms with Crippen molar-refractivity contribution in [3.05, 3.63) is 65.6 Å². The third-order valence-electron chi connectivity index (χ3n) is 9.37. The van der Waals surface area contributed by atoms with Gasteiger partial charge in [-0.05, 0) is 55.8 Å². The Labute approximate surface area is 220 Å². The number of carbonyl (C=O) groups is 1. The number of hydrogen-bond acceptors (Lipinski definition) is 6. The van der Waals surface area contributed by atoms with Gasteiger partial charge in [0.2, 0.25) is 0 Å². The number of phenolic OH excluding ortho intramolecular Hbond substituents is 1. The number of piperidine rings is 1. The molecule has 2 aliphatic heterocycles. The maximum absolute atomic E-state index is 13.4. The van der Waals surface area contributed by atoms with E-state index in [1.807, 2.05) is 24.3 Å². The third kappa shape index (κ3) is 2.92. The molecule has 5 aliphatic rings. The van der Waals surface area contributed by atoms with Crippen LogP contribution in [-0.2, 0) is 11.8 Å². The first-order chi connectivity index (χ1) is 17.5. The van der Waals surface area contributed by atoms with E-state index >= 15 is 0 Å². The average Bonchev–Trinajstić information content (AvgIpc) is 3.46. The van der Waals surface area contributed by atoms with E-state index in [9.17, 15) is 15.0 Å². The van der Waals surface area contributed by atoms with Gasteiger partial charge in [-0.15, -0.1) is 12.4 Å². The van der Waals surface area contributed by atoms with Gasteiger partial charge in [-0.3, -0.25) is 14.7 Å². The van der Waals surface area contributed by atoms with Crippen LogP contribution in [0.2, 0.25) is 0 Å². The number of fused-ring (bicyclic) bond motifs is 1. The molecule has 4 heterocycles. The van der Waals surface area contributed by atoms with Crippen LogP contribution in [0, 0.1) is 5.92 Å². The number of nitrogens with one attached hydrogen (secondary N) is 2. The van der Waals surface area contributed by atoms with Gasteiger partial charge in [0.05, 0.1) is 17.0 Å². The Hall–Kier alpha value is -3.07. The molecule has 0 radical (unpaired) electrons. The van der Waals surface area contributed by atoms with Crippen LogP contribution in [-0.4, -0.2) is 67.9 Å².